The van der Waals surface area contributed by atoms with E-state index in [1.165, 1.54) is 44.9 Å². The number of amides is 1. The van der Waals surface area contributed by atoms with Crippen LogP contribution in [0.25, 0.3) is 0 Å². The summed E-state index contributed by atoms with van der Waals surface area (Å²) >= 11 is 0. The molecule has 0 radical (unpaired) electrons. The number of carbonyl (C=O) groups is 4. The number of hydrogen-bond donors (Lipinski definition) is 3. The summed E-state index contributed by atoms with van der Waals surface area (Å²) in [4.78, 5) is 55.0. The van der Waals surface area contributed by atoms with Crippen molar-refractivity contribution in [1.82, 2.24) is 5.32 Å². The normalized spacial score (nSPS) is 12.7. The first kappa shape index (κ1) is 51.1. The van der Waals surface area contributed by atoms with Gasteiger partial charge in [0.25, 0.3) is 0 Å². The van der Waals surface area contributed by atoms with Crippen molar-refractivity contribution in [1.29, 1.82) is 0 Å². The third kappa shape index (κ3) is 30.5. The van der Waals surface area contributed by atoms with Gasteiger partial charge in [-0.15, -0.1) is 0 Å². The van der Waals surface area contributed by atoms with Crippen LogP contribution >= 0.6 is 0 Å². The lowest BCUT2D eigenvalue weighted by atomic mass is 9.94. The van der Waals surface area contributed by atoms with Crippen molar-refractivity contribution in [3.05, 3.63) is 0 Å². The molecular weight excluding hydrogens is 684 g/mol. The van der Waals surface area contributed by atoms with E-state index in [0.717, 1.165) is 96.3 Å². The van der Waals surface area contributed by atoms with E-state index in [1.807, 2.05) is 0 Å². The summed E-state index contributed by atoms with van der Waals surface area (Å²) in [6, 6.07) is -0.852. The third-order valence-electron chi connectivity index (χ3n) is 9.92. The molecule has 11 nitrogen and oxygen atoms in total. The number of nitrogens with two attached hydrogens (primary N) is 2. The molecule has 0 aromatic carbocycles. The maximum Gasteiger partial charge on any atom is 0.328 e. The predicted molar refractivity (Wildman–Crippen MR) is 220 cm³/mol. The average molecular weight is 767 g/mol. The van der Waals surface area contributed by atoms with Crippen LogP contribution in [-0.2, 0) is 33.4 Å². The van der Waals surface area contributed by atoms with Crippen molar-refractivity contribution in [2.45, 2.75) is 207 Å². The minimum absolute atomic E-state index is 0.000132. The van der Waals surface area contributed by atoms with E-state index in [9.17, 15) is 19.2 Å². The SMILES string of the molecule is CCCCCCCCC(CCCCCC)C(=O)OCCCCCC(=O)NC(CCN=C(N)N)C(=O)OCCCCCCOC(=O)C(CCC)CCCCC. The molecule has 0 saturated heterocycles. The Morgan fingerprint density at radius 3 is 1.41 bits per heavy atom. The number of rotatable bonds is 38. The summed E-state index contributed by atoms with van der Waals surface area (Å²) in [7, 11) is 0. The Kier molecular flexibility index (Phi) is 35.1. The van der Waals surface area contributed by atoms with Crippen LogP contribution in [0, 0.1) is 11.8 Å². The number of carbonyl (C=O) groups excluding carboxylic acids is 4. The molecule has 3 atom stereocenters. The maximum atomic E-state index is 12.9. The standard InChI is InChI=1S/C43H82N4O7/c1-5-9-12-14-15-21-29-37(28-20-13-10-6-2)41(50)53-34-25-18-22-30-39(48)47-38(31-32-46-43(44)45)42(51)54-35-24-17-16-23-33-52-40(49)36(26-8-4)27-19-11-7-3/h36-38H,5-35H2,1-4H3,(H,47,48)(H4,44,45,46). The fraction of sp³-hybridized carbons (Fsp3) is 0.884. The summed E-state index contributed by atoms with van der Waals surface area (Å²) in [6.45, 7) is 9.87. The Morgan fingerprint density at radius 2 is 0.889 bits per heavy atom. The first-order valence-electron chi connectivity index (χ1n) is 22.0. The molecule has 0 aromatic rings. The molecule has 0 aliphatic rings. The molecule has 0 saturated carbocycles. The molecule has 0 fully saturated rings. The minimum Gasteiger partial charge on any atom is -0.465 e. The lowest BCUT2D eigenvalue weighted by molar-refractivity contribution is -0.150. The number of hydrogen-bond acceptors (Lipinski definition) is 8. The van der Waals surface area contributed by atoms with Gasteiger partial charge >= 0.3 is 17.9 Å². The number of nitrogens with zero attached hydrogens (tertiary/aromatic N) is 1. The lowest BCUT2D eigenvalue weighted by Crippen LogP contribution is -2.42. The highest BCUT2D eigenvalue weighted by atomic mass is 16.5. The van der Waals surface area contributed by atoms with E-state index >= 15 is 0 Å². The van der Waals surface area contributed by atoms with Gasteiger partial charge in [0.1, 0.15) is 6.04 Å². The quantitative estimate of drug-likeness (QED) is 0.0182. The van der Waals surface area contributed by atoms with Crippen molar-refractivity contribution in [3.8, 4) is 0 Å². The largest absolute Gasteiger partial charge is 0.465 e. The van der Waals surface area contributed by atoms with E-state index in [-0.39, 0.29) is 61.6 Å². The number of esters is 3. The number of aliphatic imine (C=N–C) groups is 1. The van der Waals surface area contributed by atoms with Crippen molar-refractivity contribution in [2.24, 2.45) is 28.3 Å². The van der Waals surface area contributed by atoms with Gasteiger partial charge in [0, 0.05) is 13.0 Å². The van der Waals surface area contributed by atoms with Crippen LogP contribution in [0.3, 0.4) is 0 Å². The number of unbranched alkanes of at least 4 members (excludes halogenated alkanes) is 15. The molecule has 0 aromatic heterocycles. The first-order chi connectivity index (χ1) is 26.2. The molecule has 1 amide bonds. The van der Waals surface area contributed by atoms with Crippen LogP contribution in [0.5, 0.6) is 0 Å². The molecule has 0 bridgehead atoms. The molecule has 3 unspecified atom stereocenters. The molecule has 0 rings (SSSR count). The van der Waals surface area contributed by atoms with Gasteiger partial charge in [-0.1, -0.05) is 118 Å². The molecule has 11 heteroatoms. The van der Waals surface area contributed by atoms with E-state index in [1.54, 1.807) is 0 Å². The first-order valence-corrected chi connectivity index (χ1v) is 22.0. The van der Waals surface area contributed by atoms with Crippen LogP contribution in [0.2, 0.25) is 0 Å². The van der Waals surface area contributed by atoms with Crippen molar-refractivity contribution in [3.63, 3.8) is 0 Å². The molecule has 316 valence electrons. The lowest BCUT2D eigenvalue weighted by Gasteiger charge is -2.17. The van der Waals surface area contributed by atoms with Gasteiger partial charge in [0.15, 0.2) is 5.96 Å². The zero-order valence-electron chi connectivity index (χ0n) is 35.1. The third-order valence-corrected chi connectivity index (χ3v) is 9.92. The van der Waals surface area contributed by atoms with Crippen LogP contribution < -0.4 is 16.8 Å². The van der Waals surface area contributed by atoms with Gasteiger partial charge in [0.2, 0.25) is 5.91 Å². The van der Waals surface area contributed by atoms with Crippen molar-refractivity contribution >= 4 is 29.8 Å². The summed E-state index contributed by atoms with van der Waals surface area (Å²) in [5.41, 5.74) is 10.9. The number of nitrogens with one attached hydrogen (secondary N) is 1. The van der Waals surface area contributed by atoms with Gasteiger partial charge in [-0.25, -0.2) is 4.79 Å². The molecule has 0 spiro atoms. The minimum atomic E-state index is -0.852. The van der Waals surface area contributed by atoms with E-state index in [2.05, 4.69) is 38.0 Å². The van der Waals surface area contributed by atoms with Crippen LogP contribution in [-0.4, -0.2) is 62.2 Å². The van der Waals surface area contributed by atoms with Gasteiger partial charge in [-0.2, -0.15) is 0 Å². The summed E-state index contributed by atoms with van der Waals surface area (Å²) < 4.78 is 16.7. The molecule has 0 aliphatic carbocycles. The highest BCUT2D eigenvalue weighted by Crippen LogP contribution is 2.21. The topological polar surface area (TPSA) is 172 Å². The van der Waals surface area contributed by atoms with Gasteiger partial charge < -0.3 is 31.0 Å². The Bertz CT molecular complexity index is 973. The Balaban J connectivity index is 4.50. The summed E-state index contributed by atoms with van der Waals surface area (Å²) in [5, 5.41) is 2.79. The Morgan fingerprint density at radius 1 is 0.481 bits per heavy atom. The smallest absolute Gasteiger partial charge is 0.328 e. The van der Waals surface area contributed by atoms with E-state index in [0.29, 0.717) is 32.5 Å². The van der Waals surface area contributed by atoms with Crippen molar-refractivity contribution < 1.29 is 33.4 Å². The highest BCUT2D eigenvalue weighted by molar-refractivity contribution is 5.84. The van der Waals surface area contributed by atoms with E-state index in [4.69, 9.17) is 25.7 Å². The molecule has 0 aliphatic heterocycles. The van der Waals surface area contributed by atoms with Crippen LogP contribution in [0.1, 0.15) is 201 Å². The summed E-state index contributed by atoms with van der Waals surface area (Å²) in [6.07, 6.45) is 25.4. The van der Waals surface area contributed by atoms with E-state index < -0.39 is 12.0 Å². The maximum absolute atomic E-state index is 12.9. The monoisotopic (exact) mass is 767 g/mol. The molecule has 0 heterocycles. The second-order valence-electron chi connectivity index (χ2n) is 15.0. The van der Waals surface area contributed by atoms with Gasteiger partial charge in [0.05, 0.1) is 31.7 Å². The highest BCUT2D eigenvalue weighted by Gasteiger charge is 2.23. The zero-order valence-corrected chi connectivity index (χ0v) is 35.1. The van der Waals surface area contributed by atoms with Crippen molar-refractivity contribution in [2.75, 3.05) is 26.4 Å². The van der Waals surface area contributed by atoms with Crippen LogP contribution in [0.4, 0.5) is 0 Å². The Labute approximate surface area is 329 Å². The fourth-order valence-electron chi connectivity index (χ4n) is 6.55. The number of ether oxygens (including phenoxy) is 3. The average Bonchev–Trinajstić information content (AvgIpc) is 3.15. The predicted octanol–water partition coefficient (Wildman–Crippen LogP) is 9.22. The fourth-order valence-corrected chi connectivity index (χ4v) is 6.55. The Hall–Kier alpha value is -2.85. The second-order valence-corrected chi connectivity index (χ2v) is 15.0. The number of guanidine groups is 1. The zero-order chi connectivity index (χ0) is 40.1. The second kappa shape index (κ2) is 37.1. The molecular formula is C43H82N4O7. The molecule has 54 heavy (non-hydrogen) atoms. The van der Waals surface area contributed by atoms with Gasteiger partial charge in [-0.3, -0.25) is 19.4 Å². The van der Waals surface area contributed by atoms with Gasteiger partial charge in [-0.05, 0) is 77.0 Å². The summed E-state index contributed by atoms with van der Waals surface area (Å²) in [5.74, 6) is -1.01. The molecule has 5 N–H and O–H groups in total. The van der Waals surface area contributed by atoms with Crippen LogP contribution in [0.15, 0.2) is 4.99 Å².